The summed E-state index contributed by atoms with van der Waals surface area (Å²) >= 11 is 0. The van der Waals surface area contributed by atoms with E-state index in [4.69, 9.17) is 4.74 Å². The second-order valence-corrected chi connectivity index (χ2v) is 4.08. The SMILES string of the molecule is CCCOc1ccnc(NCCc2ncn(C)n2)n1. The molecule has 2 heterocycles. The lowest BCUT2D eigenvalue weighted by Crippen LogP contribution is -2.09. The first-order chi connectivity index (χ1) is 9.28. The van der Waals surface area contributed by atoms with Crippen LogP contribution >= 0.6 is 0 Å². The van der Waals surface area contributed by atoms with E-state index in [1.54, 1.807) is 23.3 Å². The van der Waals surface area contributed by atoms with Gasteiger partial charge in [-0.25, -0.2) is 9.97 Å². The number of rotatable bonds is 7. The van der Waals surface area contributed by atoms with E-state index < -0.39 is 0 Å². The molecule has 0 radical (unpaired) electrons. The summed E-state index contributed by atoms with van der Waals surface area (Å²) in [7, 11) is 1.85. The molecular formula is C12H18N6O. The standard InChI is InChI=1S/C12H18N6O/c1-3-8-19-11-5-7-14-12(16-11)13-6-4-10-15-9-18(2)17-10/h5,7,9H,3-4,6,8H2,1-2H3,(H,13,14,16). The summed E-state index contributed by atoms with van der Waals surface area (Å²) in [5, 5.41) is 7.33. The van der Waals surface area contributed by atoms with Crippen LogP contribution in [0.5, 0.6) is 5.88 Å². The van der Waals surface area contributed by atoms with Gasteiger partial charge in [-0.15, -0.1) is 0 Å². The lowest BCUT2D eigenvalue weighted by atomic mass is 10.4. The summed E-state index contributed by atoms with van der Waals surface area (Å²) in [6.07, 6.45) is 5.05. The number of ether oxygens (including phenoxy) is 1. The quantitative estimate of drug-likeness (QED) is 0.803. The summed E-state index contributed by atoms with van der Waals surface area (Å²) in [5.41, 5.74) is 0. The average molecular weight is 262 g/mol. The number of hydrogen-bond acceptors (Lipinski definition) is 6. The summed E-state index contributed by atoms with van der Waals surface area (Å²) in [6, 6.07) is 1.75. The zero-order valence-corrected chi connectivity index (χ0v) is 11.2. The van der Waals surface area contributed by atoms with Crippen LogP contribution in [0.15, 0.2) is 18.6 Å². The first kappa shape index (κ1) is 13.3. The minimum absolute atomic E-state index is 0.560. The summed E-state index contributed by atoms with van der Waals surface area (Å²) in [4.78, 5) is 12.5. The number of anilines is 1. The Morgan fingerprint density at radius 2 is 2.26 bits per heavy atom. The van der Waals surface area contributed by atoms with Crippen LogP contribution in [-0.2, 0) is 13.5 Å². The molecule has 19 heavy (non-hydrogen) atoms. The molecule has 0 saturated heterocycles. The van der Waals surface area contributed by atoms with Crippen molar-refractivity contribution in [2.24, 2.45) is 7.05 Å². The third-order valence-electron chi connectivity index (χ3n) is 2.36. The highest BCUT2D eigenvalue weighted by atomic mass is 16.5. The molecule has 1 N–H and O–H groups in total. The zero-order valence-electron chi connectivity index (χ0n) is 11.2. The Labute approximate surface area is 112 Å². The van der Waals surface area contributed by atoms with Gasteiger partial charge in [0.15, 0.2) is 5.82 Å². The van der Waals surface area contributed by atoms with Crippen molar-refractivity contribution in [1.82, 2.24) is 24.7 Å². The number of aromatic nitrogens is 5. The molecule has 0 atom stereocenters. The number of nitrogens with one attached hydrogen (secondary N) is 1. The van der Waals surface area contributed by atoms with E-state index in [1.165, 1.54) is 0 Å². The Kier molecular flexibility index (Phi) is 4.66. The number of nitrogens with zero attached hydrogens (tertiary/aromatic N) is 5. The van der Waals surface area contributed by atoms with E-state index in [0.717, 1.165) is 18.7 Å². The third kappa shape index (κ3) is 4.20. The minimum atomic E-state index is 0.560. The van der Waals surface area contributed by atoms with Crippen molar-refractivity contribution in [3.63, 3.8) is 0 Å². The van der Waals surface area contributed by atoms with Crippen molar-refractivity contribution < 1.29 is 4.74 Å². The van der Waals surface area contributed by atoms with Gasteiger partial charge in [-0.05, 0) is 6.42 Å². The Morgan fingerprint density at radius 3 is 3.00 bits per heavy atom. The van der Waals surface area contributed by atoms with Crippen molar-refractivity contribution >= 4 is 5.95 Å². The van der Waals surface area contributed by atoms with E-state index in [2.05, 4.69) is 32.3 Å². The average Bonchev–Trinajstić information content (AvgIpc) is 2.83. The van der Waals surface area contributed by atoms with E-state index in [0.29, 0.717) is 25.0 Å². The summed E-state index contributed by atoms with van der Waals surface area (Å²) in [5.74, 6) is 1.95. The van der Waals surface area contributed by atoms with Crippen LogP contribution in [0.3, 0.4) is 0 Å². The molecule has 0 aliphatic rings. The normalized spacial score (nSPS) is 10.4. The monoisotopic (exact) mass is 262 g/mol. The molecule has 0 saturated carbocycles. The van der Waals surface area contributed by atoms with Crippen molar-refractivity contribution in [3.8, 4) is 5.88 Å². The van der Waals surface area contributed by atoms with E-state index in [-0.39, 0.29) is 0 Å². The maximum Gasteiger partial charge on any atom is 0.225 e. The second-order valence-electron chi connectivity index (χ2n) is 4.08. The number of aryl methyl sites for hydroxylation is 1. The van der Waals surface area contributed by atoms with Gasteiger partial charge in [0, 0.05) is 32.3 Å². The van der Waals surface area contributed by atoms with Crippen molar-refractivity contribution in [2.75, 3.05) is 18.5 Å². The van der Waals surface area contributed by atoms with Crippen molar-refractivity contribution in [1.29, 1.82) is 0 Å². The molecule has 0 fully saturated rings. The van der Waals surface area contributed by atoms with Gasteiger partial charge < -0.3 is 10.1 Å². The molecule has 0 spiro atoms. The van der Waals surface area contributed by atoms with Gasteiger partial charge in [0.2, 0.25) is 11.8 Å². The zero-order chi connectivity index (χ0) is 13.5. The molecular weight excluding hydrogens is 244 g/mol. The maximum absolute atomic E-state index is 5.44. The number of hydrogen-bond donors (Lipinski definition) is 1. The largest absolute Gasteiger partial charge is 0.478 e. The third-order valence-corrected chi connectivity index (χ3v) is 2.36. The van der Waals surface area contributed by atoms with Crippen LogP contribution in [0.2, 0.25) is 0 Å². The molecule has 0 unspecified atom stereocenters. The Bertz CT molecular complexity index is 512. The Hall–Kier alpha value is -2.18. The van der Waals surface area contributed by atoms with Crippen LogP contribution in [0, 0.1) is 0 Å². The van der Waals surface area contributed by atoms with Gasteiger partial charge in [0.1, 0.15) is 6.33 Å². The van der Waals surface area contributed by atoms with Gasteiger partial charge >= 0.3 is 0 Å². The predicted molar refractivity (Wildman–Crippen MR) is 71.0 cm³/mol. The van der Waals surface area contributed by atoms with E-state index in [1.807, 2.05) is 7.05 Å². The van der Waals surface area contributed by atoms with Crippen LogP contribution in [0.4, 0.5) is 5.95 Å². The fourth-order valence-corrected chi connectivity index (χ4v) is 1.50. The van der Waals surface area contributed by atoms with Gasteiger partial charge in [0.25, 0.3) is 0 Å². The molecule has 2 aromatic heterocycles. The van der Waals surface area contributed by atoms with Crippen LogP contribution in [-0.4, -0.2) is 37.9 Å². The topological polar surface area (TPSA) is 77.8 Å². The molecule has 2 rings (SSSR count). The summed E-state index contributed by atoms with van der Waals surface area (Å²) in [6.45, 7) is 3.40. The molecule has 0 bridgehead atoms. The Balaban J connectivity index is 1.82. The van der Waals surface area contributed by atoms with Crippen LogP contribution in [0.1, 0.15) is 19.2 Å². The molecule has 0 amide bonds. The molecule has 7 nitrogen and oxygen atoms in total. The first-order valence-corrected chi connectivity index (χ1v) is 6.32. The van der Waals surface area contributed by atoms with Crippen LogP contribution < -0.4 is 10.1 Å². The molecule has 102 valence electrons. The highest BCUT2D eigenvalue weighted by Gasteiger charge is 2.01. The summed E-state index contributed by atoms with van der Waals surface area (Å²) < 4.78 is 7.13. The molecule has 2 aromatic rings. The lowest BCUT2D eigenvalue weighted by molar-refractivity contribution is 0.305. The fraction of sp³-hybridized carbons (Fsp3) is 0.500. The predicted octanol–water partition coefficient (Wildman–Crippen LogP) is 1.05. The molecule has 0 aromatic carbocycles. The smallest absolute Gasteiger partial charge is 0.225 e. The maximum atomic E-state index is 5.44. The van der Waals surface area contributed by atoms with E-state index >= 15 is 0 Å². The Morgan fingerprint density at radius 1 is 1.37 bits per heavy atom. The van der Waals surface area contributed by atoms with Gasteiger partial charge in [-0.1, -0.05) is 6.92 Å². The van der Waals surface area contributed by atoms with Gasteiger partial charge in [0.05, 0.1) is 6.61 Å². The highest BCUT2D eigenvalue weighted by molar-refractivity contribution is 5.27. The first-order valence-electron chi connectivity index (χ1n) is 6.32. The van der Waals surface area contributed by atoms with E-state index in [9.17, 15) is 0 Å². The second kappa shape index (κ2) is 6.67. The fourth-order valence-electron chi connectivity index (χ4n) is 1.50. The molecule has 7 heteroatoms. The van der Waals surface area contributed by atoms with Gasteiger partial charge in [-0.3, -0.25) is 4.68 Å². The van der Waals surface area contributed by atoms with Crippen LogP contribution in [0.25, 0.3) is 0 Å². The van der Waals surface area contributed by atoms with Gasteiger partial charge in [-0.2, -0.15) is 10.1 Å². The highest BCUT2D eigenvalue weighted by Crippen LogP contribution is 2.08. The van der Waals surface area contributed by atoms with Crippen molar-refractivity contribution in [2.45, 2.75) is 19.8 Å². The van der Waals surface area contributed by atoms with Crippen molar-refractivity contribution in [3.05, 3.63) is 24.4 Å². The minimum Gasteiger partial charge on any atom is -0.478 e. The lowest BCUT2D eigenvalue weighted by Gasteiger charge is -2.06. The molecule has 0 aliphatic heterocycles. The molecule has 0 aliphatic carbocycles.